The van der Waals surface area contributed by atoms with Crippen LogP contribution in [0.1, 0.15) is 0 Å². The molecule has 1 N–H and O–H groups in total. The van der Waals surface area contributed by atoms with Crippen LogP contribution in [0.5, 0.6) is 11.5 Å². The van der Waals surface area contributed by atoms with Crippen LogP contribution in [0.25, 0.3) is 0 Å². The molecule has 0 heterocycles. The Morgan fingerprint density at radius 1 is 0.793 bits per heavy atom. The molecule has 0 unspecified atom stereocenters. The summed E-state index contributed by atoms with van der Waals surface area (Å²) in [4.78, 5) is 23.7. The van der Waals surface area contributed by atoms with Gasteiger partial charge in [0.25, 0.3) is 10.1 Å². The van der Waals surface area contributed by atoms with Crippen molar-refractivity contribution in [2.75, 3.05) is 0 Å². The summed E-state index contributed by atoms with van der Waals surface area (Å²) in [5, 5.41) is 0. The Bertz CT molecular complexity index is 1080. The lowest BCUT2D eigenvalue weighted by atomic mass is 10.3. The van der Waals surface area contributed by atoms with Crippen LogP contribution < -0.4 is 9.47 Å². The molecule has 2 aromatic rings. The maximum atomic E-state index is 12.0. The number of hydrogen-bond donors (Lipinski definition) is 1. The molecular formula is C16H7I5O7S. The fraction of sp³-hybridized carbons (Fsp3) is 0. The number of benzene rings is 2. The zero-order valence-electron chi connectivity index (χ0n) is 13.7. The molecule has 0 bridgehead atoms. The topological polar surface area (TPSA) is 107 Å². The second-order valence-electron chi connectivity index (χ2n) is 5.07. The van der Waals surface area contributed by atoms with E-state index in [4.69, 9.17) is 9.47 Å². The molecule has 0 aromatic heterocycles. The van der Waals surface area contributed by atoms with E-state index in [9.17, 15) is 22.6 Å². The van der Waals surface area contributed by atoms with Gasteiger partial charge in [-0.2, -0.15) is 8.42 Å². The largest absolute Gasteiger partial charge is 0.423 e. The monoisotopic (exact) mass is 978 g/mol. The first-order valence-corrected chi connectivity index (χ1v) is 13.9. The molecule has 13 heteroatoms. The van der Waals surface area contributed by atoms with E-state index in [1.54, 1.807) is 45.2 Å². The quantitative estimate of drug-likeness (QED) is 0.148. The number of carbonyl (C=O) groups is 2. The Morgan fingerprint density at radius 2 is 1.24 bits per heavy atom. The second kappa shape index (κ2) is 11.0. The van der Waals surface area contributed by atoms with E-state index in [-0.39, 0.29) is 17.8 Å². The Hall–Kier alpha value is 0.680. The zero-order valence-corrected chi connectivity index (χ0v) is 25.3. The summed E-state index contributed by atoms with van der Waals surface area (Å²) in [5.41, 5.74) is 0. The van der Waals surface area contributed by atoms with Gasteiger partial charge >= 0.3 is 11.9 Å². The van der Waals surface area contributed by atoms with E-state index < -0.39 is 22.1 Å². The SMILES string of the molecule is O=C(/C=C\C(=O)Oc1c(I)cc(I)cc1I)Oc1cc(I)c(S(=O)(=O)O)c(I)c1. The fourth-order valence-electron chi connectivity index (χ4n) is 1.89. The molecule has 7 nitrogen and oxygen atoms in total. The smallest absolute Gasteiger partial charge is 0.336 e. The van der Waals surface area contributed by atoms with Crippen molar-refractivity contribution in [3.05, 3.63) is 54.3 Å². The van der Waals surface area contributed by atoms with Crippen LogP contribution in [0, 0.1) is 17.9 Å². The average Bonchev–Trinajstić information content (AvgIpc) is 2.54. The molecule has 0 atom stereocenters. The molecule has 0 radical (unpaired) electrons. The normalized spacial score (nSPS) is 11.5. The van der Waals surface area contributed by atoms with Crippen molar-refractivity contribution in [3.63, 3.8) is 0 Å². The fourth-order valence-corrected chi connectivity index (χ4v) is 9.68. The lowest BCUT2D eigenvalue weighted by molar-refractivity contribution is -0.131. The van der Waals surface area contributed by atoms with Crippen molar-refractivity contribution in [1.82, 2.24) is 0 Å². The van der Waals surface area contributed by atoms with Crippen molar-refractivity contribution >= 4 is 135 Å². The van der Waals surface area contributed by atoms with Crippen molar-refractivity contribution < 1.29 is 32.0 Å². The number of carbonyl (C=O) groups excluding carboxylic acids is 2. The maximum Gasteiger partial charge on any atom is 0.336 e. The van der Waals surface area contributed by atoms with Crippen LogP contribution in [0.4, 0.5) is 0 Å². The maximum absolute atomic E-state index is 12.0. The summed E-state index contributed by atoms with van der Waals surface area (Å²) in [6, 6.07) is 6.27. The summed E-state index contributed by atoms with van der Waals surface area (Å²) in [7, 11) is -4.40. The van der Waals surface area contributed by atoms with Crippen LogP contribution in [0.15, 0.2) is 41.3 Å². The predicted octanol–water partition coefficient (Wildman–Crippen LogP) is 5.02. The highest BCUT2D eigenvalue weighted by atomic mass is 127. The van der Waals surface area contributed by atoms with Gasteiger partial charge in [-0.25, -0.2) is 9.59 Å². The van der Waals surface area contributed by atoms with Gasteiger partial charge in [0.1, 0.15) is 10.6 Å². The lowest BCUT2D eigenvalue weighted by Gasteiger charge is -2.08. The molecule has 0 aliphatic heterocycles. The minimum absolute atomic E-state index is 0.0657. The van der Waals surface area contributed by atoms with Crippen LogP contribution in [-0.4, -0.2) is 24.9 Å². The summed E-state index contributed by atoms with van der Waals surface area (Å²) in [6.07, 6.45) is 1.85. The van der Waals surface area contributed by atoms with E-state index >= 15 is 0 Å². The highest BCUT2D eigenvalue weighted by Crippen LogP contribution is 2.30. The molecule has 0 aliphatic carbocycles. The predicted molar refractivity (Wildman–Crippen MR) is 147 cm³/mol. The first-order valence-electron chi connectivity index (χ1n) is 7.11. The highest BCUT2D eigenvalue weighted by Gasteiger charge is 2.20. The highest BCUT2D eigenvalue weighted by molar-refractivity contribution is 14.1. The van der Waals surface area contributed by atoms with Gasteiger partial charge in [-0.3, -0.25) is 4.55 Å². The summed E-state index contributed by atoms with van der Waals surface area (Å²) in [6.45, 7) is 0. The Kier molecular flexibility index (Phi) is 9.84. The van der Waals surface area contributed by atoms with E-state index in [0.29, 0.717) is 5.75 Å². The van der Waals surface area contributed by atoms with Crippen molar-refractivity contribution in [2.45, 2.75) is 4.90 Å². The molecular weight excluding hydrogens is 971 g/mol. The molecule has 0 aliphatic rings. The van der Waals surface area contributed by atoms with Crippen LogP contribution >= 0.6 is 113 Å². The first-order chi connectivity index (χ1) is 13.4. The molecule has 0 saturated carbocycles. The van der Waals surface area contributed by atoms with Gasteiger partial charge < -0.3 is 9.47 Å². The standard InChI is InChI=1S/C16H7I5O7S/c17-7-3-9(18)15(10(19)4-7)28-14(23)2-1-13(22)27-8-5-11(20)16(12(21)6-8)29(24,25)26/h1-6H,(H,24,25,26)/b2-1-. The third-order valence-electron chi connectivity index (χ3n) is 2.97. The van der Waals surface area contributed by atoms with Crippen LogP contribution in [-0.2, 0) is 19.7 Å². The number of ether oxygens (including phenoxy) is 2. The van der Waals surface area contributed by atoms with E-state index in [1.165, 1.54) is 12.1 Å². The first kappa shape index (κ1) is 25.9. The second-order valence-corrected chi connectivity index (χ2v) is 12.3. The third kappa shape index (κ3) is 7.64. The van der Waals surface area contributed by atoms with Crippen LogP contribution in [0.3, 0.4) is 0 Å². The lowest BCUT2D eigenvalue weighted by Crippen LogP contribution is -2.10. The Morgan fingerprint density at radius 3 is 1.69 bits per heavy atom. The van der Waals surface area contributed by atoms with Crippen LogP contribution in [0.2, 0.25) is 0 Å². The van der Waals surface area contributed by atoms with E-state index in [1.807, 2.05) is 12.1 Å². The van der Waals surface area contributed by atoms with Gasteiger partial charge in [-0.1, -0.05) is 0 Å². The van der Waals surface area contributed by atoms with Gasteiger partial charge in [0.15, 0.2) is 5.75 Å². The number of esters is 2. The Labute approximate surface area is 234 Å². The number of rotatable bonds is 5. The summed E-state index contributed by atoms with van der Waals surface area (Å²) in [5.74, 6) is -1.12. The minimum atomic E-state index is -4.40. The molecule has 154 valence electrons. The van der Waals surface area contributed by atoms with Crippen molar-refractivity contribution in [1.29, 1.82) is 0 Å². The van der Waals surface area contributed by atoms with Gasteiger partial charge in [0.05, 0.1) is 7.14 Å². The van der Waals surface area contributed by atoms with E-state index in [2.05, 4.69) is 67.8 Å². The molecule has 0 saturated heterocycles. The number of hydrogen-bond acceptors (Lipinski definition) is 6. The van der Waals surface area contributed by atoms with Gasteiger partial charge in [-0.15, -0.1) is 0 Å². The molecule has 2 rings (SSSR count). The van der Waals surface area contributed by atoms with Gasteiger partial charge in [0.2, 0.25) is 0 Å². The molecule has 2 aromatic carbocycles. The van der Waals surface area contributed by atoms with Crippen molar-refractivity contribution in [2.24, 2.45) is 0 Å². The van der Waals surface area contributed by atoms with Crippen molar-refractivity contribution in [3.8, 4) is 11.5 Å². The van der Waals surface area contributed by atoms with Gasteiger partial charge in [0, 0.05) is 22.9 Å². The zero-order chi connectivity index (χ0) is 21.9. The summed E-state index contributed by atoms with van der Waals surface area (Å²) >= 11 is 9.67. The molecule has 0 amide bonds. The minimum Gasteiger partial charge on any atom is -0.423 e. The van der Waals surface area contributed by atoms with Gasteiger partial charge in [-0.05, 0) is 137 Å². The molecule has 0 spiro atoms. The average molecular weight is 978 g/mol. The summed E-state index contributed by atoms with van der Waals surface area (Å²) < 4.78 is 45.2. The third-order valence-corrected chi connectivity index (χ3v) is 8.58. The Balaban J connectivity index is 2.09. The number of halogens is 5. The van der Waals surface area contributed by atoms with E-state index in [0.717, 1.165) is 22.9 Å². The molecule has 29 heavy (non-hydrogen) atoms. The molecule has 0 fully saturated rings.